The van der Waals surface area contributed by atoms with Crippen molar-refractivity contribution in [2.75, 3.05) is 39.2 Å². The molecule has 1 aromatic heterocycles. The summed E-state index contributed by atoms with van der Waals surface area (Å²) in [4.78, 5) is 25.3. The summed E-state index contributed by atoms with van der Waals surface area (Å²) in [5.74, 6) is -0.514. The number of carbonyl (C=O) groups is 2. The van der Waals surface area contributed by atoms with Crippen LogP contribution in [-0.2, 0) is 0 Å². The Labute approximate surface area is 104 Å². The van der Waals surface area contributed by atoms with E-state index in [0.717, 1.165) is 0 Å². The van der Waals surface area contributed by atoms with Crippen LogP contribution in [0.25, 0.3) is 0 Å². The first kappa shape index (κ1) is 13.3. The molecule has 2 amide bonds. The van der Waals surface area contributed by atoms with Gasteiger partial charge < -0.3 is 21.3 Å². The van der Waals surface area contributed by atoms with Gasteiger partial charge in [-0.1, -0.05) is 0 Å². The molecule has 0 unspecified atom stereocenters. The summed E-state index contributed by atoms with van der Waals surface area (Å²) in [5.41, 5.74) is 6.40. The third-order valence-corrected chi connectivity index (χ3v) is 3.44. The van der Waals surface area contributed by atoms with Crippen molar-refractivity contribution in [2.45, 2.75) is 0 Å². The summed E-state index contributed by atoms with van der Waals surface area (Å²) in [6.45, 7) is 0. The average Bonchev–Trinajstić information content (AvgIpc) is 2.64. The summed E-state index contributed by atoms with van der Waals surface area (Å²) < 4.78 is 0. The van der Waals surface area contributed by atoms with Crippen LogP contribution in [-0.4, -0.2) is 44.9 Å². The van der Waals surface area contributed by atoms with Crippen LogP contribution < -0.4 is 16.4 Å². The van der Waals surface area contributed by atoms with Crippen LogP contribution in [0.15, 0.2) is 0 Å². The second-order valence-corrected chi connectivity index (χ2v) is 4.60. The highest BCUT2D eigenvalue weighted by atomic mass is 32.1. The molecule has 0 radical (unpaired) electrons. The number of thiophene rings is 1. The van der Waals surface area contributed by atoms with Gasteiger partial charge in [-0.15, -0.1) is 11.3 Å². The minimum absolute atomic E-state index is 0.209. The molecule has 0 fully saturated rings. The highest BCUT2D eigenvalue weighted by Crippen LogP contribution is 2.35. The molecule has 6 nitrogen and oxygen atoms in total. The van der Waals surface area contributed by atoms with Crippen LogP contribution in [0.4, 0.5) is 10.7 Å². The Kier molecular flexibility index (Phi) is 3.95. The Hall–Kier alpha value is -1.76. The van der Waals surface area contributed by atoms with E-state index in [0.29, 0.717) is 15.4 Å². The van der Waals surface area contributed by atoms with Gasteiger partial charge in [0.05, 0.1) is 11.3 Å². The van der Waals surface area contributed by atoms with Crippen LogP contribution in [0.1, 0.15) is 20.0 Å². The lowest BCUT2D eigenvalue weighted by atomic mass is 10.2. The van der Waals surface area contributed by atoms with E-state index in [1.165, 1.54) is 23.3 Å². The molecule has 4 N–H and O–H groups in total. The van der Waals surface area contributed by atoms with Crippen molar-refractivity contribution >= 4 is 33.8 Å². The molecule has 0 saturated heterocycles. The first-order chi connectivity index (χ1) is 7.93. The maximum Gasteiger partial charge on any atom is 0.265 e. The molecule has 1 heterocycles. The van der Waals surface area contributed by atoms with E-state index in [9.17, 15) is 9.59 Å². The van der Waals surface area contributed by atoms with Gasteiger partial charge in [-0.2, -0.15) is 0 Å². The van der Waals surface area contributed by atoms with E-state index in [-0.39, 0.29) is 17.5 Å². The second-order valence-electron chi connectivity index (χ2n) is 3.58. The predicted octanol–water partition coefficient (Wildman–Crippen LogP) is 0.433. The molecule has 0 aromatic carbocycles. The highest BCUT2D eigenvalue weighted by molar-refractivity contribution is 7.19. The van der Waals surface area contributed by atoms with Crippen LogP contribution in [0.5, 0.6) is 0 Å². The molecule has 94 valence electrons. The molecule has 0 bridgehead atoms. The zero-order chi connectivity index (χ0) is 13.2. The Morgan fingerprint density at radius 2 is 1.88 bits per heavy atom. The monoisotopic (exact) mass is 256 g/mol. The average molecular weight is 256 g/mol. The zero-order valence-corrected chi connectivity index (χ0v) is 11.1. The van der Waals surface area contributed by atoms with Gasteiger partial charge in [0.2, 0.25) is 0 Å². The third kappa shape index (κ3) is 2.33. The van der Waals surface area contributed by atoms with E-state index in [1.54, 1.807) is 21.1 Å². The molecule has 0 spiro atoms. The van der Waals surface area contributed by atoms with E-state index in [1.807, 2.05) is 0 Å². The van der Waals surface area contributed by atoms with Gasteiger partial charge in [0.25, 0.3) is 11.8 Å². The number of rotatable bonds is 3. The van der Waals surface area contributed by atoms with Gasteiger partial charge in [-0.25, -0.2) is 0 Å². The van der Waals surface area contributed by atoms with E-state index < -0.39 is 0 Å². The molecule has 0 aliphatic rings. The zero-order valence-electron chi connectivity index (χ0n) is 10.2. The predicted molar refractivity (Wildman–Crippen MR) is 69.7 cm³/mol. The van der Waals surface area contributed by atoms with E-state index >= 15 is 0 Å². The number of hydrogen-bond donors (Lipinski definition) is 3. The SMILES string of the molecule is CNC(=O)c1c(NC)sc(C(=O)N(C)C)c1N. The van der Waals surface area contributed by atoms with Crippen molar-refractivity contribution in [3.63, 3.8) is 0 Å². The molecule has 17 heavy (non-hydrogen) atoms. The molecule has 0 saturated carbocycles. The topological polar surface area (TPSA) is 87.5 Å². The summed E-state index contributed by atoms with van der Waals surface area (Å²) in [7, 11) is 6.48. The number of nitrogens with zero attached hydrogens (tertiary/aromatic N) is 1. The quantitative estimate of drug-likeness (QED) is 0.732. The van der Waals surface area contributed by atoms with Gasteiger partial charge in [0, 0.05) is 28.2 Å². The fraction of sp³-hybridized carbons (Fsp3) is 0.400. The number of nitrogen functional groups attached to an aromatic ring is 1. The number of hydrogen-bond acceptors (Lipinski definition) is 5. The minimum Gasteiger partial charge on any atom is -0.397 e. The van der Waals surface area contributed by atoms with E-state index in [4.69, 9.17) is 5.73 Å². The number of amides is 2. The minimum atomic E-state index is -0.305. The second kappa shape index (κ2) is 5.05. The third-order valence-electron chi connectivity index (χ3n) is 2.23. The first-order valence-electron chi connectivity index (χ1n) is 4.97. The number of carbonyl (C=O) groups excluding carboxylic acids is 2. The molecular weight excluding hydrogens is 240 g/mol. The van der Waals surface area contributed by atoms with Crippen LogP contribution in [0, 0.1) is 0 Å². The lowest BCUT2D eigenvalue weighted by Gasteiger charge is -2.08. The number of anilines is 2. The summed E-state index contributed by atoms with van der Waals surface area (Å²) in [6, 6.07) is 0. The normalized spacial score (nSPS) is 9.88. The van der Waals surface area contributed by atoms with Gasteiger partial charge in [-0.05, 0) is 0 Å². The highest BCUT2D eigenvalue weighted by Gasteiger charge is 2.25. The molecule has 0 atom stereocenters. The Morgan fingerprint density at radius 1 is 1.29 bits per heavy atom. The van der Waals surface area contributed by atoms with Crippen molar-refractivity contribution in [1.82, 2.24) is 10.2 Å². The molecule has 0 aliphatic heterocycles. The maximum atomic E-state index is 11.9. The Morgan fingerprint density at radius 3 is 2.29 bits per heavy atom. The van der Waals surface area contributed by atoms with Crippen molar-refractivity contribution in [1.29, 1.82) is 0 Å². The van der Waals surface area contributed by atoms with Crippen molar-refractivity contribution < 1.29 is 9.59 Å². The molecule has 0 aliphatic carbocycles. The largest absolute Gasteiger partial charge is 0.397 e. The lowest BCUT2D eigenvalue weighted by Crippen LogP contribution is -2.23. The number of nitrogens with two attached hydrogens (primary N) is 1. The molecule has 7 heteroatoms. The van der Waals surface area contributed by atoms with E-state index in [2.05, 4.69) is 10.6 Å². The lowest BCUT2D eigenvalue weighted by molar-refractivity contribution is 0.0833. The fourth-order valence-corrected chi connectivity index (χ4v) is 2.43. The summed E-state index contributed by atoms with van der Waals surface area (Å²) >= 11 is 1.18. The molecular formula is C10H16N4O2S. The fourth-order valence-electron chi connectivity index (χ4n) is 1.33. The summed E-state index contributed by atoms with van der Waals surface area (Å²) in [5, 5.41) is 5.96. The molecule has 1 rings (SSSR count). The van der Waals surface area contributed by atoms with Crippen LogP contribution >= 0.6 is 11.3 Å². The molecule has 1 aromatic rings. The van der Waals surface area contributed by atoms with Crippen molar-refractivity contribution in [3.8, 4) is 0 Å². The Bertz CT molecular complexity index is 453. The summed E-state index contributed by atoms with van der Waals surface area (Å²) in [6.07, 6.45) is 0. The van der Waals surface area contributed by atoms with Crippen molar-refractivity contribution in [3.05, 3.63) is 10.4 Å². The van der Waals surface area contributed by atoms with Gasteiger partial charge in [0.1, 0.15) is 9.88 Å². The van der Waals surface area contributed by atoms with Gasteiger partial charge in [-0.3, -0.25) is 9.59 Å². The standard InChI is InChI=1S/C10H16N4O2S/c1-12-8(15)5-6(11)7(10(16)14(3)4)17-9(5)13-2/h13H,11H2,1-4H3,(H,12,15). The number of nitrogens with one attached hydrogen (secondary N) is 2. The Balaban J connectivity index is 3.33. The van der Waals surface area contributed by atoms with Gasteiger partial charge >= 0.3 is 0 Å². The van der Waals surface area contributed by atoms with Crippen molar-refractivity contribution in [2.24, 2.45) is 0 Å². The smallest absolute Gasteiger partial charge is 0.265 e. The maximum absolute atomic E-state index is 11.9. The first-order valence-corrected chi connectivity index (χ1v) is 5.79. The van der Waals surface area contributed by atoms with Gasteiger partial charge in [0.15, 0.2) is 0 Å². The van der Waals surface area contributed by atoms with Crippen LogP contribution in [0.2, 0.25) is 0 Å². The van der Waals surface area contributed by atoms with Crippen LogP contribution in [0.3, 0.4) is 0 Å².